The molecule has 1 aliphatic heterocycles. The second kappa shape index (κ2) is 10.7. The van der Waals surface area contributed by atoms with E-state index in [1.54, 1.807) is 19.1 Å². The second-order valence-corrected chi connectivity index (χ2v) is 9.26. The Kier molecular flexibility index (Phi) is 7.63. The predicted octanol–water partition coefficient (Wildman–Crippen LogP) is 4.36. The van der Waals surface area contributed by atoms with E-state index < -0.39 is 23.7 Å². The zero-order valence-corrected chi connectivity index (χ0v) is 22.0. The molecule has 0 aromatic heterocycles. The van der Waals surface area contributed by atoms with Crippen molar-refractivity contribution in [2.45, 2.75) is 6.92 Å². The lowest BCUT2D eigenvalue weighted by Gasteiger charge is -2.18. The van der Waals surface area contributed by atoms with Gasteiger partial charge in [-0.15, -0.1) is 0 Å². The molecule has 0 spiro atoms. The van der Waals surface area contributed by atoms with Crippen LogP contribution in [0.4, 0.5) is 17.1 Å². The van der Waals surface area contributed by atoms with Crippen LogP contribution in [0.15, 0.2) is 65.3 Å². The van der Waals surface area contributed by atoms with E-state index in [9.17, 15) is 24.3 Å². The van der Waals surface area contributed by atoms with E-state index in [1.807, 2.05) is 0 Å². The average Bonchev–Trinajstić information content (AvgIpc) is 3.09. The number of methoxy groups -OCH3 is 1. The quantitative estimate of drug-likeness (QED) is 0.402. The molecule has 0 radical (unpaired) electrons. The van der Waals surface area contributed by atoms with E-state index in [0.29, 0.717) is 22.0 Å². The van der Waals surface area contributed by atoms with Crippen LogP contribution in [-0.4, -0.2) is 30.8 Å². The minimum absolute atomic E-state index is 0.0258. The summed E-state index contributed by atoms with van der Waals surface area (Å²) in [5.74, 6) is -3.41. The molecule has 0 saturated heterocycles. The summed E-state index contributed by atoms with van der Waals surface area (Å²) in [6, 6.07) is 13.2. The molecule has 38 heavy (non-hydrogen) atoms. The Morgan fingerprint density at radius 3 is 2.26 bits per heavy atom. The molecule has 194 valence electrons. The van der Waals surface area contributed by atoms with Gasteiger partial charge < -0.3 is 25.3 Å². The predicted molar refractivity (Wildman–Crippen MR) is 142 cm³/mol. The van der Waals surface area contributed by atoms with Crippen molar-refractivity contribution in [3.8, 4) is 5.75 Å². The van der Waals surface area contributed by atoms with Crippen LogP contribution in [0.5, 0.6) is 5.75 Å². The number of imide groups is 1. The molecule has 1 aliphatic rings. The molecule has 9 nitrogen and oxygen atoms in total. The van der Waals surface area contributed by atoms with Crippen molar-refractivity contribution >= 4 is 75.6 Å². The minimum atomic E-state index is -1.48. The van der Waals surface area contributed by atoms with Crippen LogP contribution >= 0.6 is 34.8 Å². The van der Waals surface area contributed by atoms with E-state index in [2.05, 4.69) is 10.6 Å². The molecule has 3 aromatic carbocycles. The molecular formula is C26H17Cl3N3O6-. The van der Waals surface area contributed by atoms with Gasteiger partial charge in [0.05, 0.1) is 29.5 Å². The number of ether oxygens (including phenoxy) is 1. The van der Waals surface area contributed by atoms with Gasteiger partial charge in [0.15, 0.2) is 0 Å². The van der Waals surface area contributed by atoms with Crippen molar-refractivity contribution in [1.29, 1.82) is 0 Å². The summed E-state index contributed by atoms with van der Waals surface area (Å²) in [4.78, 5) is 50.7. The van der Waals surface area contributed by atoms with Crippen molar-refractivity contribution in [2.24, 2.45) is 0 Å². The number of anilines is 3. The topological polar surface area (TPSA) is 128 Å². The van der Waals surface area contributed by atoms with E-state index in [1.165, 1.54) is 43.5 Å². The van der Waals surface area contributed by atoms with Gasteiger partial charge in [-0.1, -0.05) is 40.9 Å². The molecule has 1 heterocycles. The van der Waals surface area contributed by atoms with E-state index in [0.717, 1.165) is 11.0 Å². The van der Waals surface area contributed by atoms with Gasteiger partial charge in [0.25, 0.3) is 17.7 Å². The summed E-state index contributed by atoms with van der Waals surface area (Å²) in [6.07, 6.45) is 0. The Balaban J connectivity index is 1.51. The number of hydrogen-bond donors (Lipinski definition) is 2. The number of amides is 3. The highest BCUT2D eigenvalue weighted by molar-refractivity contribution is 6.53. The Morgan fingerprint density at radius 2 is 1.63 bits per heavy atom. The lowest BCUT2D eigenvalue weighted by atomic mass is 10.1. The van der Waals surface area contributed by atoms with Gasteiger partial charge in [0, 0.05) is 27.9 Å². The Morgan fingerprint density at radius 1 is 0.947 bits per heavy atom. The van der Waals surface area contributed by atoms with Gasteiger partial charge in [-0.3, -0.25) is 14.4 Å². The molecule has 3 amide bonds. The zero-order chi connectivity index (χ0) is 27.7. The highest BCUT2D eigenvalue weighted by atomic mass is 35.5. The van der Waals surface area contributed by atoms with Crippen LogP contribution in [0.2, 0.25) is 10.0 Å². The molecule has 0 aliphatic carbocycles. The maximum absolute atomic E-state index is 13.1. The van der Waals surface area contributed by atoms with Gasteiger partial charge in [-0.25, -0.2) is 4.90 Å². The maximum Gasteiger partial charge on any atom is 0.283 e. The summed E-state index contributed by atoms with van der Waals surface area (Å²) in [5, 5.41) is 16.7. The maximum atomic E-state index is 13.1. The van der Waals surface area contributed by atoms with Crippen molar-refractivity contribution in [3.05, 3.63) is 92.1 Å². The van der Waals surface area contributed by atoms with Crippen molar-refractivity contribution in [2.75, 3.05) is 22.6 Å². The van der Waals surface area contributed by atoms with Gasteiger partial charge in [0.2, 0.25) is 0 Å². The third kappa shape index (κ3) is 5.17. The smallest absolute Gasteiger partial charge is 0.283 e. The number of nitrogens with zero attached hydrogens (tertiary/aromatic N) is 1. The van der Waals surface area contributed by atoms with E-state index >= 15 is 0 Å². The summed E-state index contributed by atoms with van der Waals surface area (Å²) in [7, 11) is 1.27. The number of aryl methyl sites for hydroxylation is 1. The average molecular weight is 574 g/mol. The van der Waals surface area contributed by atoms with Crippen molar-refractivity contribution in [1.82, 2.24) is 0 Å². The standard InChI is InChI=1S/C26H18Cl3N3O6/c1-12-3-6-14(27)9-19(12)32-24(34)21(29)22(25(32)35)30-15-7-4-13(5-8-15)23(33)31-18-11-20(38-2)16(26(36)37)10-17(18)28/h3-11,30H,1-2H3,(H,31,33)(H,36,37)/p-1. The van der Waals surface area contributed by atoms with Crippen molar-refractivity contribution < 1.29 is 29.0 Å². The Hall–Kier alpha value is -4.05. The van der Waals surface area contributed by atoms with Gasteiger partial charge in [-0.05, 0) is 55.0 Å². The number of nitrogens with one attached hydrogen (secondary N) is 2. The number of carbonyl (C=O) groups is 4. The van der Waals surface area contributed by atoms with Crippen LogP contribution in [0.1, 0.15) is 26.3 Å². The van der Waals surface area contributed by atoms with Crippen LogP contribution in [0.25, 0.3) is 0 Å². The van der Waals surface area contributed by atoms with Crippen LogP contribution in [0.3, 0.4) is 0 Å². The highest BCUT2D eigenvalue weighted by Crippen LogP contribution is 2.34. The fourth-order valence-corrected chi connectivity index (χ4v) is 4.26. The molecule has 0 unspecified atom stereocenters. The fourth-order valence-electron chi connectivity index (χ4n) is 3.67. The van der Waals surface area contributed by atoms with E-state index in [-0.39, 0.29) is 38.3 Å². The van der Waals surface area contributed by atoms with Gasteiger partial charge in [0.1, 0.15) is 16.5 Å². The lowest BCUT2D eigenvalue weighted by molar-refractivity contribution is -0.255. The summed E-state index contributed by atoms with van der Waals surface area (Å²) >= 11 is 18.3. The van der Waals surface area contributed by atoms with Crippen LogP contribution < -0.4 is 25.4 Å². The van der Waals surface area contributed by atoms with Crippen molar-refractivity contribution in [3.63, 3.8) is 0 Å². The second-order valence-electron chi connectivity index (χ2n) is 8.04. The Labute approximate surface area is 231 Å². The normalized spacial score (nSPS) is 13.1. The monoisotopic (exact) mass is 572 g/mol. The summed E-state index contributed by atoms with van der Waals surface area (Å²) in [5.41, 5.74) is 1.33. The third-order valence-corrected chi connectivity index (χ3v) is 6.51. The van der Waals surface area contributed by atoms with E-state index in [4.69, 9.17) is 39.5 Å². The molecule has 0 saturated carbocycles. The number of halogens is 3. The third-order valence-electron chi connectivity index (χ3n) is 5.61. The van der Waals surface area contributed by atoms with Crippen LogP contribution in [-0.2, 0) is 9.59 Å². The number of hydrogen-bond acceptors (Lipinski definition) is 7. The largest absolute Gasteiger partial charge is 0.545 e. The summed E-state index contributed by atoms with van der Waals surface area (Å²) in [6.45, 7) is 1.73. The zero-order valence-electron chi connectivity index (χ0n) is 19.7. The molecule has 12 heteroatoms. The molecule has 2 N–H and O–H groups in total. The first kappa shape index (κ1) is 27.0. The summed E-state index contributed by atoms with van der Waals surface area (Å²) < 4.78 is 5.03. The highest BCUT2D eigenvalue weighted by Gasteiger charge is 2.39. The first-order valence-electron chi connectivity index (χ1n) is 10.8. The molecule has 3 aromatic rings. The van der Waals surface area contributed by atoms with Gasteiger partial charge >= 0.3 is 0 Å². The fraction of sp³-hybridized carbons (Fsp3) is 0.0769. The number of aromatic carboxylic acids is 1. The SMILES string of the molecule is COc1cc(NC(=O)c2ccc(NC3=C(Cl)C(=O)N(c4cc(Cl)ccc4C)C3=O)cc2)c(Cl)cc1C(=O)[O-]. The molecule has 0 atom stereocenters. The number of carboxylic acid groups (broad SMARTS) is 1. The lowest BCUT2D eigenvalue weighted by Crippen LogP contribution is -2.32. The first-order valence-corrected chi connectivity index (χ1v) is 12.0. The molecule has 0 fully saturated rings. The molecule has 0 bridgehead atoms. The number of carboxylic acids is 1. The number of rotatable bonds is 7. The van der Waals surface area contributed by atoms with Crippen LogP contribution in [0, 0.1) is 6.92 Å². The molecule has 4 rings (SSSR count). The minimum Gasteiger partial charge on any atom is -0.545 e. The first-order chi connectivity index (χ1) is 18.0. The molecular weight excluding hydrogens is 557 g/mol. The number of benzene rings is 3. The number of carbonyl (C=O) groups excluding carboxylic acids is 4. The van der Waals surface area contributed by atoms with Gasteiger partial charge in [-0.2, -0.15) is 0 Å². The Bertz CT molecular complexity index is 1540.